The number of rotatable bonds is 6. The van der Waals surface area contributed by atoms with Crippen LogP contribution in [0.15, 0.2) is 22.5 Å². The van der Waals surface area contributed by atoms with Crippen molar-refractivity contribution in [2.45, 2.75) is 39.7 Å². The Hall–Kier alpha value is -1.60. The van der Waals surface area contributed by atoms with Gasteiger partial charge in [-0.05, 0) is 43.8 Å². The molecule has 2 atom stereocenters. The number of piperidine rings is 1. The number of amides is 1. The summed E-state index contributed by atoms with van der Waals surface area (Å²) in [6, 6.07) is 4.85. The highest BCUT2D eigenvalue weighted by atomic mass is 32.1. The van der Waals surface area contributed by atoms with E-state index in [1.54, 1.807) is 7.05 Å². The van der Waals surface area contributed by atoms with Gasteiger partial charge >= 0.3 is 0 Å². The Kier molecular flexibility index (Phi) is 8.10. The predicted octanol–water partition coefficient (Wildman–Crippen LogP) is 2.46. The third-order valence-electron chi connectivity index (χ3n) is 4.98. The first-order chi connectivity index (χ1) is 12.8. The van der Waals surface area contributed by atoms with Gasteiger partial charge in [-0.15, -0.1) is 11.3 Å². The first kappa shape index (κ1) is 21.7. The molecule has 1 saturated heterocycles. The van der Waals surface area contributed by atoms with Gasteiger partial charge in [0.15, 0.2) is 5.96 Å². The molecule has 1 aromatic heterocycles. The van der Waals surface area contributed by atoms with Gasteiger partial charge in [0, 0.05) is 43.0 Å². The number of nitrogens with one attached hydrogen (secondary N) is 3. The summed E-state index contributed by atoms with van der Waals surface area (Å²) in [5, 5.41) is 11.9. The Labute approximate surface area is 167 Å². The Balaban J connectivity index is 1.80. The molecule has 27 heavy (non-hydrogen) atoms. The zero-order valence-electron chi connectivity index (χ0n) is 17.3. The van der Waals surface area contributed by atoms with Crippen molar-refractivity contribution in [1.82, 2.24) is 20.9 Å². The zero-order chi connectivity index (χ0) is 19.9. The van der Waals surface area contributed by atoms with Crippen LogP contribution >= 0.6 is 11.3 Å². The molecule has 7 heteroatoms. The Morgan fingerprint density at radius 3 is 2.67 bits per heavy atom. The van der Waals surface area contributed by atoms with Crippen LogP contribution in [-0.2, 0) is 4.79 Å². The van der Waals surface area contributed by atoms with E-state index in [4.69, 9.17) is 0 Å². The normalized spacial score (nSPS) is 21.7. The third kappa shape index (κ3) is 6.50. The first-order valence-corrected chi connectivity index (χ1v) is 10.7. The van der Waals surface area contributed by atoms with Crippen LogP contribution in [0.3, 0.4) is 0 Å². The van der Waals surface area contributed by atoms with Gasteiger partial charge in [0.2, 0.25) is 5.91 Å². The largest absolute Gasteiger partial charge is 0.356 e. The van der Waals surface area contributed by atoms with Crippen LogP contribution < -0.4 is 16.0 Å². The van der Waals surface area contributed by atoms with Crippen LogP contribution in [0.5, 0.6) is 0 Å². The topological polar surface area (TPSA) is 68.8 Å². The molecule has 0 saturated carbocycles. The second kappa shape index (κ2) is 10.1. The minimum absolute atomic E-state index is 0.0660. The second-order valence-electron chi connectivity index (χ2n) is 8.23. The lowest BCUT2D eigenvalue weighted by atomic mass is 9.88. The number of carbonyl (C=O) groups is 1. The number of guanidine groups is 1. The number of hydrogen-bond donors (Lipinski definition) is 3. The summed E-state index contributed by atoms with van der Waals surface area (Å²) in [6.45, 7) is 9.03. The molecule has 0 radical (unpaired) electrons. The number of hydrogen-bond acceptors (Lipinski definition) is 4. The van der Waals surface area contributed by atoms with Crippen molar-refractivity contribution >= 4 is 23.2 Å². The fourth-order valence-corrected chi connectivity index (χ4v) is 4.44. The van der Waals surface area contributed by atoms with Gasteiger partial charge in [0.25, 0.3) is 0 Å². The van der Waals surface area contributed by atoms with Crippen molar-refractivity contribution in [2.75, 3.05) is 40.3 Å². The van der Waals surface area contributed by atoms with Crippen molar-refractivity contribution < 1.29 is 4.79 Å². The lowest BCUT2D eigenvalue weighted by Crippen LogP contribution is -2.46. The maximum Gasteiger partial charge on any atom is 0.225 e. The monoisotopic (exact) mass is 393 g/mol. The van der Waals surface area contributed by atoms with Crippen molar-refractivity contribution in [1.29, 1.82) is 0 Å². The number of aliphatic imine (C=N–C) groups is 1. The number of likely N-dealkylation sites (tertiary alicyclic amines) is 1. The van der Waals surface area contributed by atoms with Crippen molar-refractivity contribution in [3.63, 3.8) is 0 Å². The van der Waals surface area contributed by atoms with E-state index in [2.05, 4.69) is 50.4 Å². The zero-order valence-corrected chi connectivity index (χ0v) is 18.2. The average molecular weight is 394 g/mol. The van der Waals surface area contributed by atoms with Crippen LogP contribution in [0, 0.1) is 11.3 Å². The van der Waals surface area contributed by atoms with Crippen LogP contribution in [0.1, 0.15) is 44.5 Å². The third-order valence-corrected chi connectivity index (χ3v) is 5.92. The summed E-state index contributed by atoms with van der Waals surface area (Å²) in [6.07, 6.45) is 2.45. The summed E-state index contributed by atoms with van der Waals surface area (Å²) >= 11 is 1.84. The molecule has 152 valence electrons. The van der Waals surface area contributed by atoms with Crippen molar-refractivity contribution in [3.05, 3.63) is 22.4 Å². The molecular weight excluding hydrogens is 358 g/mol. The highest BCUT2D eigenvalue weighted by molar-refractivity contribution is 7.10. The molecule has 0 bridgehead atoms. The minimum Gasteiger partial charge on any atom is -0.356 e. The number of thiophene rings is 1. The predicted molar refractivity (Wildman–Crippen MR) is 114 cm³/mol. The van der Waals surface area contributed by atoms with Crippen LogP contribution in [0.2, 0.25) is 0 Å². The van der Waals surface area contributed by atoms with Gasteiger partial charge in [0.05, 0.1) is 0 Å². The van der Waals surface area contributed by atoms with Gasteiger partial charge in [-0.3, -0.25) is 14.7 Å². The molecule has 3 N–H and O–H groups in total. The van der Waals surface area contributed by atoms with E-state index in [-0.39, 0.29) is 11.3 Å². The average Bonchev–Trinajstić information content (AvgIpc) is 3.14. The molecule has 1 amide bonds. The summed E-state index contributed by atoms with van der Waals surface area (Å²) in [4.78, 5) is 20.1. The van der Waals surface area contributed by atoms with Gasteiger partial charge in [0.1, 0.15) is 0 Å². The molecule has 6 nitrogen and oxygen atoms in total. The van der Waals surface area contributed by atoms with E-state index < -0.39 is 0 Å². The molecule has 2 rings (SSSR count). The lowest BCUT2D eigenvalue weighted by molar-refractivity contribution is -0.128. The number of carbonyl (C=O) groups excluding carboxylic acids is 1. The molecule has 1 aliphatic heterocycles. The van der Waals surface area contributed by atoms with E-state index in [0.717, 1.165) is 19.0 Å². The van der Waals surface area contributed by atoms with E-state index in [9.17, 15) is 4.79 Å². The molecule has 2 heterocycles. The van der Waals surface area contributed by atoms with Gasteiger partial charge in [-0.2, -0.15) is 0 Å². The minimum atomic E-state index is -0.357. The molecule has 1 aliphatic rings. The quantitative estimate of drug-likeness (QED) is 0.395. The Morgan fingerprint density at radius 2 is 2.04 bits per heavy atom. The van der Waals surface area contributed by atoms with Crippen molar-refractivity contribution in [3.8, 4) is 0 Å². The molecule has 1 aromatic rings. The first-order valence-electron chi connectivity index (χ1n) is 9.79. The standard InChI is InChI=1S/C20H35N5OS/c1-20(2,3)18(26)22-10-11-23-19(21-4)24-14-15-8-6-12-25(5)17(15)16-9-7-13-27-16/h7,9,13,15,17H,6,8,10-12,14H2,1-5H3,(H,22,26)(H2,21,23,24). The second-order valence-corrected chi connectivity index (χ2v) is 9.21. The van der Waals surface area contributed by atoms with Gasteiger partial charge < -0.3 is 16.0 Å². The fraction of sp³-hybridized carbons (Fsp3) is 0.700. The SMILES string of the molecule is CN=C(NCCNC(=O)C(C)(C)C)NCC1CCCN(C)C1c1cccs1. The summed E-state index contributed by atoms with van der Waals surface area (Å²) in [5.74, 6) is 1.41. The van der Waals surface area contributed by atoms with E-state index >= 15 is 0 Å². The van der Waals surface area contributed by atoms with Crippen LogP contribution in [0.25, 0.3) is 0 Å². The maximum absolute atomic E-state index is 11.9. The Bertz CT molecular complexity index is 608. The van der Waals surface area contributed by atoms with Gasteiger partial charge in [-0.25, -0.2) is 0 Å². The molecule has 2 unspecified atom stereocenters. The highest BCUT2D eigenvalue weighted by Gasteiger charge is 2.31. The summed E-state index contributed by atoms with van der Waals surface area (Å²) in [5.41, 5.74) is -0.357. The lowest BCUT2D eigenvalue weighted by Gasteiger charge is -2.39. The molecular formula is C20H35N5OS. The van der Waals surface area contributed by atoms with Gasteiger partial charge in [-0.1, -0.05) is 26.8 Å². The molecule has 0 aliphatic carbocycles. The molecule has 0 aromatic carbocycles. The molecule has 1 fully saturated rings. The summed E-state index contributed by atoms with van der Waals surface area (Å²) in [7, 11) is 4.01. The van der Waals surface area contributed by atoms with Crippen LogP contribution in [-0.4, -0.2) is 57.0 Å². The number of nitrogens with zero attached hydrogens (tertiary/aromatic N) is 2. The van der Waals surface area contributed by atoms with Crippen molar-refractivity contribution in [2.24, 2.45) is 16.3 Å². The Morgan fingerprint density at radius 1 is 1.30 bits per heavy atom. The van der Waals surface area contributed by atoms with E-state index in [1.807, 2.05) is 32.1 Å². The molecule has 0 spiro atoms. The van der Waals surface area contributed by atoms with E-state index in [0.29, 0.717) is 25.0 Å². The maximum atomic E-state index is 11.9. The van der Waals surface area contributed by atoms with E-state index in [1.165, 1.54) is 17.7 Å². The van der Waals surface area contributed by atoms with Crippen LogP contribution in [0.4, 0.5) is 0 Å². The summed E-state index contributed by atoms with van der Waals surface area (Å²) < 4.78 is 0. The highest BCUT2D eigenvalue weighted by Crippen LogP contribution is 2.36. The fourth-order valence-electron chi connectivity index (χ4n) is 3.45. The smallest absolute Gasteiger partial charge is 0.225 e.